The number of nitriles is 1. The zero-order valence-electron chi connectivity index (χ0n) is 9.91. The van der Waals surface area contributed by atoms with E-state index in [1.165, 1.54) is 12.1 Å². The number of rotatable bonds is 2. The van der Waals surface area contributed by atoms with Crippen LogP contribution in [-0.2, 0) is 9.53 Å². The van der Waals surface area contributed by atoms with Crippen LogP contribution in [0.2, 0.25) is 0 Å². The van der Waals surface area contributed by atoms with Crippen molar-refractivity contribution >= 4 is 11.7 Å². The Morgan fingerprint density at radius 2 is 2.32 bits per heavy atom. The highest BCUT2D eigenvalue weighted by molar-refractivity contribution is 5.72. The first kappa shape index (κ1) is 13.0. The van der Waals surface area contributed by atoms with E-state index in [1.807, 2.05) is 0 Å². The standard InChI is InChI=1S/C12H11N3O4/c13-5-9-7-19-11(16)6-14-12(9)8-2-1-3-10(4-8)15(17)18/h1-4,9,12,14H,6-7H2. The van der Waals surface area contributed by atoms with Gasteiger partial charge in [0.15, 0.2) is 0 Å². The van der Waals surface area contributed by atoms with Crippen molar-refractivity contribution in [2.45, 2.75) is 6.04 Å². The highest BCUT2D eigenvalue weighted by atomic mass is 16.6. The molecule has 2 atom stereocenters. The molecule has 0 aromatic heterocycles. The number of carbonyl (C=O) groups excluding carboxylic acids is 1. The van der Waals surface area contributed by atoms with E-state index in [1.54, 1.807) is 12.1 Å². The fourth-order valence-electron chi connectivity index (χ4n) is 1.96. The molecule has 2 unspecified atom stereocenters. The van der Waals surface area contributed by atoms with Crippen molar-refractivity contribution in [3.8, 4) is 6.07 Å². The second-order valence-electron chi connectivity index (χ2n) is 4.13. The maximum Gasteiger partial charge on any atom is 0.319 e. The number of nitro groups is 1. The van der Waals surface area contributed by atoms with Crippen molar-refractivity contribution in [1.82, 2.24) is 5.32 Å². The largest absolute Gasteiger partial charge is 0.463 e. The minimum absolute atomic E-state index is 0.0182. The fraction of sp³-hybridized carbons (Fsp3) is 0.333. The quantitative estimate of drug-likeness (QED) is 0.482. The first-order valence-corrected chi connectivity index (χ1v) is 5.65. The molecule has 1 heterocycles. The Morgan fingerprint density at radius 1 is 1.53 bits per heavy atom. The van der Waals surface area contributed by atoms with Crippen LogP contribution >= 0.6 is 0 Å². The van der Waals surface area contributed by atoms with E-state index in [4.69, 9.17) is 10.00 Å². The van der Waals surface area contributed by atoms with Crippen LogP contribution in [-0.4, -0.2) is 24.0 Å². The van der Waals surface area contributed by atoms with Crippen LogP contribution in [0.5, 0.6) is 0 Å². The third-order valence-corrected chi connectivity index (χ3v) is 2.90. The molecule has 1 fully saturated rings. The summed E-state index contributed by atoms with van der Waals surface area (Å²) in [5.41, 5.74) is 0.548. The SMILES string of the molecule is N#CC1COC(=O)CNC1c1cccc([N+](=O)[O-])c1. The van der Waals surface area contributed by atoms with Crippen LogP contribution in [0.1, 0.15) is 11.6 Å². The molecule has 1 aliphatic rings. The van der Waals surface area contributed by atoms with Gasteiger partial charge in [0.25, 0.3) is 5.69 Å². The molecular formula is C12H11N3O4. The zero-order chi connectivity index (χ0) is 13.8. The smallest absolute Gasteiger partial charge is 0.319 e. The van der Waals surface area contributed by atoms with Crippen molar-refractivity contribution < 1.29 is 14.5 Å². The maximum atomic E-state index is 11.2. The van der Waals surface area contributed by atoms with Crippen molar-refractivity contribution in [3.05, 3.63) is 39.9 Å². The number of cyclic esters (lactones) is 1. The molecule has 2 rings (SSSR count). The number of ether oxygens (including phenoxy) is 1. The van der Waals surface area contributed by atoms with Gasteiger partial charge in [-0.05, 0) is 5.56 Å². The van der Waals surface area contributed by atoms with E-state index < -0.39 is 22.9 Å². The van der Waals surface area contributed by atoms with Crippen molar-refractivity contribution in [2.24, 2.45) is 5.92 Å². The molecule has 1 aromatic rings. The molecule has 1 aromatic carbocycles. The second-order valence-corrected chi connectivity index (χ2v) is 4.13. The Balaban J connectivity index is 2.32. The van der Waals surface area contributed by atoms with E-state index in [-0.39, 0.29) is 18.8 Å². The Morgan fingerprint density at radius 3 is 3.00 bits per heavy atom. The summed E-state index contributed by atoms with van der Waals surface area (Å²) >= 11 is 0. The average molecular weight is 261 g/mol. The number of carbonyl (C=O) groups is 1. The van der Waals surface area contributed by atoms with Gasteiger partial charge in [0.05, 0.1) is 29.5 Å². The normalized spacial score (nSPS) is 23.0. The lowest BCUT2D eigenvalue weighted by atomic mass is 9.94. The third-order valence-electron chi connectivity index (χ3n) is 2.90. The number of nitrogens with zero attached hydrogens (tertiary/aromatic N) is 2. The maximum absolute atomic E-state index is 11.2. The van der Waals surface area contributed by atoms with Gasteiger partial charge in [-0.3, -0.25) is 20.2 Å². The summed E-state index contributed by atoms with van der Waals surface area (Å²) in [7, 11) is 0. The summed E-state index contributed by atoms with van der Waals surface area (Å²) in [5.74, 6) is -1.01. The molecule has 1 N–H and O–H groups in total. The topological polar surface area (TPSA) is 105 Å². The third kappa shape index (κ3) is 2.86. The number of benzene rings is 1. The summed E-state index contributed by atoms with van der Waals surface area (Å²) in [6.07, 6.45) is 0. The lowest BCUT2D eigenvalue weighted by molar-refractivity contribution is -0.384. The zero-order valence-corrected chi connectivity index (χ0v) is 9.91. The van der Waals surface area contributed by atoms with Gasteiger partial charge in [0.2, 0.25) is 0 Å². The van der Waals surface area contributed by atoms with Gasteiger partial charge in [0.1, 0.15) is 6.61 Å². The molecule has 0 spiro atoms. The molecule has 0 aliphatic carbocycles. The summed E-state index contributed by atoms with van der Waals surface area (Å²) in [6.45, 7) is -0.0404. The van der Waals surface area contributed by atoms with Gasteiger partial charge < -0.3 is 4.74 Å². The summed E-state index contributed by atoms with van der Waals surface area (Å²) in [6, 6.07) is 7.61. The molecule has 7 heteroatoms. The summed E-state index contributed by atoms with van der Waals surface area (Å²) in [5, 5.41) is 22.7. The second kappa shape index (κ2) is 5.46. The fourth-order valence-corrected chi connectivity index (χ4v) is 1.96. The van der Waals surface area contributed by atoms with Crippen molar-refractivity contribution in [1.29, 1.82) is 5.26 Å². The molecular weight excluding hydrogens is 250 g/mol. The van der Waals surface area contributed by atoms with E-state index in [2.05, 4.69) is 11.4 Å². The molecule has 98 valence electrons. The van der Waals surface area contributed by atoms with Crippen LogP contribution in [0.15, 0.2) is 24.3 Å². The average Bonchev–Trinajstić information content (AvgIpc) is 2.60. The van der Waals surface area contributed by atoms with Crippen LogP contribution in [0.25, 0.3) is 0 Å². The number of hydrogen-bond acceptors (Lipinski definition) is 6. The molecule has 1 aliphatic heterocycles. The Kier molecular flexibility index (Phi) is 3.73. The van der Waals surface area contributed by atoms with Gasteiger partial charge in [0, 0.05) is 12.1 Å². The van der Waals surface area contributed by atoms with E-state index in [0.29, 0.717) is 5.56 Å². The van der Waals surface area contributed by atoms with Crippen LogP contribution in [0, 0.1) is 27.4 Å². The first-order chi connectivity index (χ1) is 9.11. The monoisotopic (exact) mass is 261 g/mol. The first-order valence-electron chi connectivity index (χ1n) is 5.65. The van der Waals surface area contributed by atoms with Gasteiger partial charge in [-0.2, -0.15) is 5.26 Å². The predicted molar refractivity (Wildman–Crippen MR) is 63.9 cm³/mol. The van der Waals surface area contributed by atoms with E-state index in [9.17, 15) is 14.9 Å². The minimum Gasteiger partial charge on any atom is -0.463 e. The van der Waals surface area contributed by atoms with Crippen molar-refractivity contribution in [2.75, 3.05) is 13.2 Å². The highest BCUT2D eigenvalue weighted by Gasteiger charge is 2.29. The number of esters is 1. The molecule has 19 heavy (non-hydrogen) atoms. The lowest BCUT2D eigenvalue weighted by Crippen LogP contribution is -2.28. The molecule has 7 nitrogen and oxygen atoms in total. The Hall–Kier alpha value is -2.46. The molecule has 0 radical (unpaired) electrons. The number of hydrogen-bond donors (Lipinski definition) is 1. The molecule has 0 saturated carbocycles. The number of nitro benzene ring substituents is 1. The van der Waals surface area contributed by atoms with E-state index in [0.717, 1.165) is 0 Å². The number of nitrogens with one attached hydrogen (secondary N) is 1. The van der Waals surface area contributed by atoms with Gasteiger partial charge in [-0.15, -0.1) is 0 Å². The summed E-state index contributed by atoms with van der Waals surface area (Å²) in [4.78, 5) is 21.4. The molecule has 1 saturated heterocycles. The summed E-state index contributed by atoms with van der Waals surface area (Å²) < 4.78 is 4.88. The van der Waals surface area contributed by atoms with Crippen LogP contribution in [0.4, 0.5) is 5.69 Å². The van der Waals surface area contributed by atoms with Gasteiger partial charge in [-0.25, -0.2) is 0 Å². The Bertz CT molecular complexity index is 552. The lowest BCUT2D eigenvalue weighted by Gasteiger charge is -2.19. The van der Waals surface area contributed by atoms with Crippen LogP contribution in [0.3, 0.4) is 0 Å². The van der Waals surface area contributed by atoms with E-state index >= 15 is 0 Å². The minimum atomic E-state index is -0.576. The highest BCUT2D eigenvalue weighted by Crippen LogP contribution is 2.26. The van der Waals surface area contributed by atoms with Gasteiger partial charge in [-0.1, -0.05) is 12.1 Å². The van der Waals surface area contributed by atoms with Crippen molar-refractivity contribution in [3.63, 3.8) is 0 Å². The number of non-ortho nitro benzene ring substituents is 1. The predicted octanol–water partition coefficient (Wildman–Crippen LogP) is 0.922. The van der Waals surface area contributed by atoms with Gasteiger partial charge >= 0.3 is 5.97 Å². The Labute approximate surface area is 108 Å². The molecule has 0 bridgehead atoms. The van der Waals surface area contributed by atoms with Crippen LogP contribution < -0.4 is 5.32 Å². The molecule has 0 amide bonds.